The summed E-state index contributed by atoms with van der Waals surface area (Å²) in [6, 6.07) is 3.32. The van der Waals surface area contributed by atoms with Crippen LogP contribution in [-0.4, -0.2) is 55.9 Å². The largest absolute Gasteiger partial charge is 0.480 e. The van der Waals surface area contributed by atoms with Crippen LogP contribution in [0.3, 0.4) is 0 Å². The van der Waals surface area contributed by atoms with Crippen molar-refractivity contribution < 1.29 is 9.90 Å². The third-order valence-electron chi connectivity index (χ3n) is 5.73. The van der Waals surface area contributed by atoms with Crippen LogP contribution in [0, 0.1) is 5.92 Å². The number of nitrogens with zero attached hydrogens (tertiary/aromatic N) is 4. The molecule has 2 saturated carbocycles. The highest BCUT2D eigenvalue weighted by molar-refractivity contribution is 5.75. The quantitative estimate of drug-likeness (QED) is 0.704. The number of nitrogens with one attached hydrogen (secondary N) is 1. The first-order valence-corrected chi connectivity index (χ1v) is 10.0. The Bertz CT molecular complexity index is 808. The molecule has 0 atom stereocenters. The number of carboxylic acid groups (broad SMARTS) is 1. The van der Waals surface area contributed by atoms with Crippen LogP contribution in [0.1, 0.15) is 51.1 Å². The molecule has 0 bridgehead atoms. The fourth-order valence-electron chi connectivity index (χ4n) is 3.92. The lowest BCUT2D eigenvalue weighted by Gasteiger charge is -2.43. The normalized spacial score (nSPS) is 22.5. The molecule has 2 aromatic rings. The second-order valence-corrected chi connectivity index (χ2v) is 8.41. The van der Waals surface area contributed by atoms with E-state index in [1.54, 1.807) is 0 Å². The number of rotatable bonds is 9. The topological polar surface area (TPSA) is 83.3 Å². The Hall–Kier alpha value is -1.99. The summed E-state index contributed by atoms with van der Waals surface area (Å²) in [4.78, 5) is 17.9. The Morgan fingerprint density at radius 3 is 2.81 bits per heavy atom. The van der Waals surface area contributed by atoms with E-state index in [2.05, 4.69) is 40.2 Å². The number of hydrogen-bond donors (Lipinski definition) is 2. The third-order valence-corrected chi connectivity index (χ3v) is 5.73. The van der Waals surface area contributed by atoms with E-state index in [0.717, 1.165) is 48.4 Å². The number of fused-ring (bicyclic) bond motifs is 1. The van der Waals surface area contributed by atoms with Crippen LogP contribution in [-0.2, 0) is 11.3 Å². The predicted molar refractivity (Wildman–Crippen MR) is 103 cm³/mol. The van der Waals surface area contributed by atoms with Gasteiger partial charge in [-0.3, -0.25) is 9.69 Å². The number of carbonyl (C=O) groups is 1. The van der Waals surface area contributed by atoms with Crippen molar-refractivity contribution in [2.24, 2.45) is 5.92 Å². The van der Waals surface area contributed by atoms with E-state index in [-0.39, 0.29) is 6.54 Å². The summed E-state index contributed by atoms with van der Waals surface area (Å²) in [5.41, 5.74) is 2.09. The van der Waals surface area contributed by atoms with Gasteiger partial charge in [0.1, 0.15) is 0 Å². The van der Waals surface area contributed by atoms with Crippen LogP contribution < -0.4 is 5.32 Å². The second-order valence-electron chi connectivity index (χ2n) is 8.41. The maximum atomic E-state index is 11.1. The Morgan fingerprint density at radius 1 is 1.37 bits per heavy atom. The van der Waals surface area contributed by atoms with Crippen molar-refractivity contribution in [1.29, 1.82) is 0 Å². The summed E-state index contributed by atoms with van der Waals surface area (Å²) >= 11 is 0. The zero-order valence-corrected chi connectivity index (χ0v) is 16.1. The number of aromatic nitrogens is 3. The van der Waals surface area contributed by atoms with Crippen LogP contribution in [0.15, 0.2) is 18.5 Å². The zero-order chi connectivity index (χ0) is 19.0. The minimum Gasteiger partial charge on any atom is -0.480 e. The first-order chi connectivity index (χ1) is 13.0. The van der Waals surface area contributed by atoms with Crippen LogP contribution in [0.25, 0.3) is 11.0 Å². The maximum absolute atomic E-state index is 11.1. The SMILES string of the molecule is CC(C)n1ncc2cc(CNC3CC(N(CC(=O)O)CC4CC4)C3)cnc21. The minimum absolute atomic E-state index is 0.175. The van der Waals surface area contributed by atoms with E-state index in [1.165, 1.54) is 12.8 Å². The fraction of sp³-hybridized carbons (Fsp3) is 0.650. The van der Waals surface area contributed by atoms with Crippen LogP contribution in [0.2, 0.25) is 0 Å². The van der Waals surface area contributed by atoms with Crippen molar-refractivity contribution in [1.82, 2.24) is 25.0 Å². The highest BCUT2D eigenvalue weighted by atomic mass is 16.4. The molecule has 7 nitrogen and oxygen atoms in total. The first kappa shape index (κ1) is 18.4. The molecule has 0 amide bonds. The lowest BCUT2D eigenvalue weighted by molar-refractivity contribution is -0.139. The molecule has 146 valence electrons. The molecule has 4 rings (SSSR count). The summed E-state index contributed by atoms with van der Waals surface area (Å²) < 4.78 is 1.94. The standard InChI is InChI=1S/C20H29N5O2/c1-13(2)25-20-16(10-23-25)5-15(9-22-20)8-21-17-6-18(7-17)24(12-19(26)27)11-14-3-4-14/h5,9-10,13-14,17-18,21H,3-4,6-8,11-12H2,1-2H3,(H,26,27). The number of aliphatic carboxylic acids is 1. The molecule has 2 N–H and O–H groups in total. The zero-order valence-electron chi connectivity index (χ0n) is 16.1. The van der Waals surface area contributed by atoms with Gasteiger partial charge in [0.2, 0.25) is 0 Å². The molecular weight excluding hydrogens is 342 g/mol. The molecule has 2 aromatic heterocycles. The Balaban J connectivity index is 1.28. The third kappa shape index (κ3) is 4.30. The summed E-state index contributed by atoms with van der Waals surface area (Å²) in [5.74, 6) is 0.00861. The van der Waals surface area contributed by atoms with Gasteiger partial charge in [-0.2, -0.15) is 5.10 Å². The number of hydrogen-bond acceptors (Lipinski definition) is 5. The molecule has 0 aliphatic heterocycles. The van der Waals surface area contributed by atoms with Gasteiger partial charge in [-0.15, -0.1) is 0 Å². The summed E-state index contributed by atoms with van der Waals surface area (Å²) in [6.07, 6.45) is 8.38. The van der Waals surface area contributed by atoms with Crippen molar-refractivity contribution in [3.8, 4) is 0 Å². The van der Waals surface area contributed by atoms with Gasteiger partial charge < -0.3 is 10.4 Å². The van der Waals surface area contributed by atoms with Crippen molar-refractivity contribution in [3.05, 3.63) is 24.0 Å². The van der Waals surface area contributed by atoms with Gasteiger partial charge in [0.15, 0.2) is 5.65 Å². The van der Waals surface area contributed by atoms with E-state index < -0.39 is 5.97 Å². The maximum Gasteiger partial charge on any atom is 0.317 e. The average Bonchev–Trinajstić information content (AvgIpc) is 3.28. The van der Waals surface area contributed by atoms with Gasteiger partial charge in [0.25, 0.3) is 0 Å². The molecule has 0 saturated heterocycles. The Labute approximate surface area is 159 Å². The monoisotopic (exact) mass is 371 g/mol. The molecule has 0 aromatic carbocycles. The number of pyridine rings is 1. The Kier molecular flexibility index (Phi) is 5.14. The van der Waals surface area contributed by atoms with Crippen molar-refractivity contribution >= 4 is 17.0 Å². The van der Waals surface area contributed by atoms with E-state index in [9.17, 15) is 4.79 Å². The van der Waals surface area contributed by atoms with E-state index >= 15 is 0 Å². The van der Waals surface area contributed by atoms with Gasteiger partial charge in [-0.1, -0.05) is 0 Å². The van der Waals surface area contributed by atoms with Gasteiger partial charge in [0.05, 0.1) is 12.7 Å². The molecule has 2 aliphatic rings. The lowest BCUT2D eigenvalue weighted by Crippen LogP contribution is -2.54. The second kappa shape index (κ2) is 7.56. The van der Waals surface area contributed by atoms with Gasteiger partial charge >= 0.3 is 5.97 Å². The van der Waals surface area contributed by atoms with E-state index in [4.69, 9.17) is 5.11 Å². The molecule has 27 heavy (non-hydrogen) atoms. The molecule has 0 spiro atoms. The van der Waals surface area contributed by atoms with Crippen molar-refractivity contribution in [2.45, 2.75) is 64.2 Å². The molecule has 2 aliphatic carbocycles. The highest BCUT2D eigenvalue weighted by Gasteiger charge is 2.36. The lowest BCUT2D eigenvalue weighted by atomic mass is 9.85. The molecule has 7 heteroatoms. The van der Waals surface area contributed by atoms with Crippen LogP contribution in [0.4, 0.5) is 0 Å². The van der Waals surface area contributed by atoms with Gasteiger partial charge in [-0.25, -0.2) is 9.67 Å². The molecule has 0 radical (unpaired) electrons. The molecule has 2 fully saturated rings. The van der Waals surface area contributed by atoms with E-state index in [0.29, 0.717) is 18.1 Å². The molecule has 0 unspecified atom stereocenters. The van der Waals surface area contributed by atoms with Crippen LogP contribution in [0.5, 0.6) is 0 Å². The number of carboxylic acids is 1. The van der Waals surface area contributed by atoms with Gasteiger partial charge in [-0.05, 0) is 57.1 Å². The highest BCUT2D eigenvalue weighted by Crippen LogP contribution is 2.33. The fourth-order valence-corrected chi connectivity index (χ4v) is 3.92. The molecular formula is C20H29N5O2. The van der Waals surface area contributed by atoms with Crippen molar-refractivity contribution in [3.63, 3.8) is 0 Å². The van der Waals surface area contributed by atoms with E-state index in [1.807, 2.05) is 17.1 Å². The van der Waals surface area contributed by atoms with Crippen molar-refractivity contribution in [2.75, 3.05) is 13.1 Å². The summed E-state index contributed by atoms with van der Waals surface area (Å²) in [6.45, 7) is 6.12. The summed E-state index contributed by atoms with van der Waals surface area (Å²) in [7, 11) is 0. The minimum atomic E-state index is -0.714. The predicted octanol–water partition coefficient (Wildman–Crippen LogP) is 2.43. The average molecular weight is 371 g/mol. The van der Waals surface area contributed by atoms with Gasteiger partial charge in [0, 0.05) is 42.8 Å². The Morgan fingerprint density at radius 2 is 2.15 bits per heavy atom. The molecule has 2 heterocycles. The smallest absolute Gasteiger partial charge is 0.317 e. The first-order valence-electron chi connectivity index (χ1n) is 10.0. The van der Waals surface area contributed by atoms with Crippen LogP contribution >= 0.6 is 0 Å². The summed E-state index contributed by atoms with van der Waals surface area (Å²) in [5, 5.41) is 18.2.